The van der Waals surface area contributed by atoms with Gasteiger partial charge in [0.2, 0.25) is 11.7 Å². The van der Waals surface area contributed by atoms with Crippen molar-refractivity contribution in [3.8, 4) is 0 Å². The molecule has 0 aliphatic rings. The Morgan fingerprint density at radius 3 is 2.53 bits per heavy atom. The predicted molar refractivity (Wildman–Crippen MR) is 109 cm³/mol. The number of para-hydroxylation sites is 2. The van der Waals surface area contributed by atoms with Crippen molar-refractivity contribution in [3.05, 3.63) is 72.5 Å². The fourth-order valence-electron chi connectivity index (χ4n) is 3.12. The average molecular weight is 413 g/mol. The van der Waals surface area contributed by atoms with Gasteiger partial charge in [-0.25, -0.2) is 13.8 Å². The van der Waals surface area contributed by atoms with Crippen LogP contribution in [0.4, 0.5) is 8.78 Å². The second kappa shape index (κ2) is 9.61. The second-order valence-corrected chi connectivity index (χ2v) is 7.13. The van der Waals surface area contributed by atoms with Gasteiger partial charge in [0.15, 0.2) is 5.58 Å². The lowest BCUT2D eigenvalue weighted by Crippen LogP contribution is -2.41. The number of alkyl halides is 2. The van der Waals surface area contributed by atoms with E-state index in [0.29, 0.717) is 29.5 Å². The molecule has 1 unspecified atom stereocenters. The summed E-state index contributed by atoms with van der Waals surface area (Å²) in [6, 6.07) is 14.4. The van der Waals surface area contributed by atoms with E-state index in [1.54, 1.807) is 54.6 Å². The van der Waals surface area contributed by atoms with Crippen molar-refractivity contribution in [2.75, 3.05) is 0 Å². The summed E-state index contributed by atoms with van der Waals surface area (Å²) < 4.78 is 33.9. The number of carbonyl (C=O) groups excluding carboxylic acids is 2. The van der Waals surface area contributed by atoms with Crippen LogP contribution in [0.3, 0.4) is 0 Å². The fraction of sp³-hybridized carbons (Fsp3) is 0.304. The van der Waals surface area contributed by atoms with E-state index >= 15 is 0 Å². The molecule has 5 nitrogen and oxygen atoms in total. The van der Waals surface area contributed by atoms with Crippen molar-refractivity contribution in [1.82, 2.24) is 10.3 Å². The van der Waals surface area contributed by atoms with Gasteiger partial charge in [0.1, 0.15) is 5.52 Å². The van der Waals surface area contributed by atoms with E-state index in [4.69, 9.17) is 4.42 Å². The van der Waals surface area contributed by atoms with Crippen LogP contribution in [0.2, 0.25) is 0 Å². The Bertz CT molecular complexity index is 969. The van der Waals surface area contributed by atoms with E-state index < -0.39 is 36.5 Å². The predicted octanol–water partition coefficient (Wildman–Crippen LogP) is 4.77. The number of hydrogen-bond acceptors (Lipinski definition) is 4. The summed E-state index contributed by atoms with van der Waals surface area (Å²) in [6.45, 7) is 1.86. The van der Waals surface area contributed by atoms with Gasteiger partial charge in [0.05, 0.1) is 12.5 Å². The summed E-state index contributed by atoms with van der Waals surface area (Å²) in [5.41, 5.74) is 1.50. The number of halogens is 2. The lowest BCUT2D eigenvalue weighted by Gasteiger charge is -2.18. The molecular formula is C23H23F2N2O3. The lowest BCUT2D eigenvalue weighted by atomic mass is 10.0. The zero-order valence-corrected chi connectivity index (χ0v) is 16.6. The minimum absolute atomic E-state index is 0.107. The standard InChI is InChI=1S/C23H23F2N2O3/c1-2-8-18(21(29)22-27-17-11-6-7-12-19(17)30-22)26-20(28)13-14-23(24,25)15-16-9-4-3-5-10-16/h3-7,9-13,18H,2,8,14-15H2,1H3,(H,26,28). The monoisotopic (exact) mass is 413 g/mol. The normalized spacial score (nSPS) is 12.6. The Morgan fingerprint density at radius 2 is 1.83 bits per heavy atom. The van der Waals surface area contributed by atoms with Crippen LogP contribution in [0.15, 0.2) is 59.0 Å². The molecule has 3 rings (SSSR count). The number of aromatic nitrogens is 1. The molecule has 30 heavy (non-hydrogen) atoms. The Hall–Kier alpha value is -3.09. The van der Waals surface area contributed by atoms with Crippen molar-refractivity contribution >= 4 is 22.8 Å². The maximum atomic E-state index is 14.2. The summed E-state index contributed by atoms with van der Waals surface area (Å²) in [5, 5.41) is 2.52. The van der Waals surface area contributed by atoms with E-state index in [2.05, 4.69) is 10.3 Å². The number of oxazole rings is 1. The number of benzene rings is 2. The number of ketones is 1. The van der Waals surface area contributed by atoms with Crippen molar-refractivity contribution < 1.29 is 22.8 Å². The summed E-state index contributed by atoms with van der Waals surface area (Å²) in [7, 11) is 0. The van der Waals surface area contributed by atoms with Gasteiger partial charge in [0, 0.05) is 12.8 Å². The molecule has 2 aromatic carbocycles. The first-order valence-corrected chi connectivity index (χ1v) is 9.83. The quantitative estimate of drug-likeness (QED) is 0.486. The number of hydrogen-bond donors (Lipinski definition) is 1. The number of nitrogens with zero attached hydrogens (tertiary/aromatic N) is 1. The molecular weight excluding hydrogens is 390 g/mol. The van der Waals surface area contributed by atoms with E-state index in [1.807, 2.05) is 6.92 Å². The third-order valence-electron chi connectivity index (χ3n) is 4.61. The molecule has 7 heteroatoms. The topological polar surface area (TPSA) is 72.2 Å². The molecule has 0 bridgehead atoms. The molecule has 1 atom stereocenters. The van der Waals surface area contributed by atoms with Crippen molar-refractivity contribution in [2.45, 2.75) is 44.6 Å². The molecule has 157 valence electrons. The number of fused-ring (bicyclic) bond motifs is 1. The SMILES string of the molecule is CCCC(NC(=O)[CH]CC(F)(F)Cc1ccccc1)C(=O)c1nc2ccccc2o1. The second-order valence-electron chi connectivity index (χ2n) is 7.13. The van der Waals surface area contributed by atoms with E-state index in [-0.39, 0.29) is 5.89 Å². The van der Waals surface area contributed by atoms with E-state index in [0.717, 1.165) is 6.42 Å². The van der Waals surface area contributed by atoms with Crippen LogP contribution in [0.1, 0.15) is 42.4 Å². The zero-order chi connectivity index (χ0) is 21.6. The van der Waals surface area contributed by atoms with Crippen molar-refractivity contribution in [1.29, 1.82) is 0 Å². The maximum Gasteiger partial charge on any atom is 0.266 e. The van der Waals surface area contributed by atoms with Crippen LogP contribution in [0, 0.1) is 6.42 Å². The number of Topliss-reactive ketones (excluding diaryl/α,β-unsaturated/α-hetero) is 1. The molecule has 0 fully saturated rings. The molecule has 1 amide bonds. The first-order valence-electron chi connectivity index (χ1n) is 9.83. The Labute approximate surface area is 173 Å². The molecule has 0 saturated carbocycles. The summed E-state index contributed by atoms with van der Waals surface area (Å²) in [5.74, 6) is -4.37. The van der Waals surface area contributed by atoms with Crippen molar-refractivity contribution in [3.63, 3.8) is 0 Å². The molecule has 0 aliphatic carbocycles. The Kier molecular flexibility index (Phi) is 6.92. The Balaban J connectivity index is 1.59. The molecule has 1 heterocycles. The van der Waals surface area contributed by atoms with E-state index in [9.17, 15) is 18.4 Å². The average Bonchev–Trinajstić information content (AvgIpc) is 3.16. The van der Waals surface area contributed by atoms with Gasteiger partial charge in [0.25, 0.3) is 11.8 Å². The molecule has 0 spiro atoms. The third kappa shape index (κ3) is 5.72. The first-order chi connectivity index (χ1) is 14.4. The van der Waals surface area contributed by atoms with Gasteiger partial charge in [-0.1, -0.05) is 55.8 Å². The van der Waals surface area contributed by atoms with Crippen LogP contribution in [-0.4, -0.2) is 28.6 Å². The molecule has 1 radical (unpaired) electrons. The number of nitrogens with one attached hydrogen (secondary N) is 1. The molecule has 1 N–H and O–H groups in total. The highest BCUT2D eigenvalue weighted by Gasteiger charge is 2.31. The summed E-state index contributed by atoms with van der Waals surface area (Å²) >= 11 is 0. The minimum atomic E-state index is -3.07. The molecule has 1 aromatic heterocycles. The number of carbonyl (C=O) groups is 2. The number of rotatable bonds is 10. The van der Waals surface area contributed by atoms with Crippen LogP contribution < -0.4 is 5.32 Å². The van der Waals surface area contributed by atoms with Gasteiger partial charge < -0.3 is 9.73 Å². The van der Waals surface area contributed by atoms with Gasteiger partial charge in [-0.05, 0) is 24.1 Å². The van der Waals surface area contributed by atoms with E-state index in [1.165, 1.54) is 0 Å². The zero-order valence-electron chi connectivity index (χ0n) is 16.6. The number of amides is 1. The van der Waals surface area contributed by atoms with Gasteiger partial charge >= 0.3 is 0 Å². The van der Waals surface area contributed by atoms with Crippen LogP contribution in [0.5, 0.6) is 0 Å². The molecule has 0 saturated heterocycles. The van der Waals surface area contributed by atoms with Gasteiger partial charge in [-0.3, -0.25) is 9.59 Å². The highest BCUT2D eigenvalue weighted by Crippen LogP contribution is 2.25. The van der Waals surface area contributed by atoms with Crippen molar-refractivity contribution in [2.24, 2.45) is 0 Å². The smallest absolute Gasteiger partial charge is 0.266 e. The lowest BCUT2D eigenvalue weighted by molar-refractivity contribution is -0.119. The third-order valence-corrected chi connectivity index (χ3v) is 4.61. The Morgan fingerprint density at radius 1 is 1.13 bits per heavy atom. The van der Waals surface area contributed by atoms with Gasteiger partial charge in [-0.15, -0.1) is 0 Å². The maximum absolute atomic E-state index is 14.2. The largest absolute Gasteiger partial charge is 0.434 e. The van der Waals surface area contributed by atoms with Gasteiger partial charge in [-0.2, -0.15) is 0 Å². The van der Waals surface area contributed by atoms with Crippen LogP contribution >= 0.6 is 0 Å². The highest BCUT2D eigenvalue weighted by molar-refractivity contribution is 6.00. The summed E-state index contributed by atoms with van der Waals surface area (Å²) in [6.07, 6.45) is 0.672. The first kappa shape index (κ1) is 21.6. The van der Waals surface area contributed by atoms with Crippen LogP contribution in [0.25, 0.3) is 11.1 Å². The fourth-order valence-corrected chi connectivity index (χ4v) is 3.12. The molecule has 0 aliphatic heterocycles. The minimum Gasteiger partial charge on any atom is -0.434 e. The summed E-state index contributed by atoms with van der Waals surface area (Å²) in [4.78, 5) is 29.1. The van der Waals surface area contributed by atoms with Crippen LogP contribution in [-0.2, 0) is 11.2 Å². The molecule has 3 aromatic rings. The highest BCUT2D eigenvalue weighted by atomic mass is 19.3.